The minimum absolute atomic E-state index is 0.0986. The van der Waals surface area contributed by atoms with Crippen LogP contribution in [-0.4, -0.2) is 5.91 Å². The number of nitrogens with two attached hydrogens (primary N) is 1. The van der Waals surface area contributed by atoms with E-state index in [9.17, 15) is 4.79 Å². The first kappa shape index (κ1) is 13.6. The lowest BCUT2D eigenvalue weighted by molar-refractivity contribution is 0.0951. The van der Waals surface area contributed by atoms with E-state index < -0.39 is 0 Å². The largest absolute Gasteiger partial charge is 0.348 e. The number of carbonyl (C=O) groups excluding carboxylic acids is 1. The first-order valence-electron chi connectivity index (χ1n) is 6.00. The highest BCUT2D eigenvalue weighted by atomic mass is 35.5. The fourth-order valence-electron chi connectivity index (χ4n) is 1.68. The Labute approximate surface area is 117 Å². The molecule has 0 aliphatic heterocycles. The molecule has 19 heavy (non-hydrogen) atoms. The number of hydrogen-bond donors (Lipinski definition) is 2. The molecule has 0 aliphatic rings. The van der Waals surface area contributed by atoms with Gasteiger partial charge in [-0.3, -0.25) is 4.79 Å². The van der Waals surface area contributed by atoms with Crippen molar-refractivity contribution in [2.45, 2.75) is 13.1 Å². The molecule has 0 radical (unpaired) electrons. The lowest BCUT2D eigenvalue weighted by atomic mass is 10.1. The summed E-state index contributed by atoms with van der Waals surface area (Å²) in [6, 6.07) is 14.7. The van der Waals surface area contributed by atoms with Crippen molar-refractivity contribution in [2.24, 2.45) is 5.73 Å². The molecule has 0 aromatic heterocycles. The highest BCUT2D eigenvalue weighted by Gasteiger charge is 2.04. The maximum Gasteiger partial charge on any atom is 0.251 e. The summed E-state index contributed by atoms with van der Waals surface area (Å²) in [5, 5.41) is 3.55. The van der Waals surface area contributed by atoms with Gasteiger partial charge in [0.15, 0.2) is 0 Å². The van der Waals surface area contributed by atoms with Crippen LogP contribution in [-0.2, 0) is 13.1 Å². The lowest BCUT2D eigenvalue weighted by Crippen LogP contribution is -2.22. The van der Waals surface area contributed by atoms with Gasteiger partial charge in [-0.1, -0.05) is 35.9 Å². The average Bonchev–Trinajstić information content (AvgIpc) is 2.46. The molecule has 0 aliphatic carbocycles. The van der Waals surface area contributed by atoms with Crippen LogP contribution in [0.4, 0.5) is 0 Å². The van der Waals surface area contributed by atoms with E-state index in [1.54, 1.807) is 24.3 Å². The molecule has 2 rings (SSSR count). The maximum absolute atomic E-state index is 11.9. The Morgan fingerprint density at radius 1 is 1.00 bits per heavy atom. The topological polar surface area (TPSA) is 55.1 Å². The van der Waals surface area contributed by atoms with Crippen molar-refractivity contribution >= 4 is 17.5 Å². The van der Waals surface area contributed by atoms with Gasteiger partial charge in [0.1, 0.15) is 0 Å². The number of carbonyl (C=O) groups is 1. The van der Waals surface area contributed by atoms with Crippen LogP contribution in [0.5, 0.6) is 0 Å². The molecule has 3 N–H and O–H groups in total. The van der Waals surface area contributed by atoms with Gasteiger partial charge in [0.2, 0.25) is 0 Å². The van der Waals surface area contributed by atoms with Crippen LogP contribution in [0.1, 0.15) is 21.5 Å². The Balaban J connectivity index is 1.95. The second-order valence-corrected chi connectivity index (χ2v) is 4.65. The molecule has 3 nitrogen and oxygen atoms in total. The van der Waals surface area contributed by atoms with E-state index in [-0.39, 0.29) is 5.91 Å². The number of amides is 1. The third-order valence-electron chi connectivity index (χ3n) is 2.82. The van der Waals surface area contributed by atoms with Gasteiger partial charge < -0.3 is 11.1 Å². The summed E-state index contributed by atoms with van der Waals surface area (Å²) < 4.78 is 0. The number of nitrogens with one attached hydrogen (secondary N) is 1. The van der Waals surface area contributed by atoms with E-state index in [2.05, 4.69) is 5.32 Å². The smallest absolute Gasteiger partial charge is 0.251 e. The van der Waals surface area contributed by atoms with Crippen LogP contribution in [0.3, 0.4) is 0 Å². The highest BCUT2D eigenvalue weighted by Crippen LogP contribution is 2.09. The Bertz CT molecular complexity index is 549. The molecule has 0 saturated heterocycles. The molecule has 0 heterocycles. The number of halogens is 1. The minimum atomic E-state index is -0.0986. The van der Waals surface area contributed by atoms with Crippen molar-refractivity contribution in [3.8, 4) is 0 Å². The minimum Gasteiger partial charge on any atom is -0.348 e. The summed E-state index contributed by atoms with van der Waals surface area (Å²) in [4.78, 5) is 11.9. The van der Waals surface area contributed by atoms with E-state index in [1.807, 2.05) is 24.3 Å². The van der Waals surface area contributed by atoms with E-state index in [1.165, 1.54) is 0 Å². The molecule has 98 valence electrons. The SMILES string of the molecule is NCc1ccc(C(=O)NCc2ccc(Cl)cc2)cc1. The Morgan fingerprint density at radius 3 is 2.16 bits per heavy atom. The molecular formula is C15H15ClN2O. The molecule has 4 heteroatoms. The van der Waals surface area contributed by atoms with Crippen LogP contribution >= 0.6 is 11.6 Å². The van der Waals surface area contributed by atoms with Gasteiger partial charge in [0.25, 0.3) is 5.91 Å². The van der Waals surface area contributed by atoms with Crippen molar-refractivity contribution in [3.63, 3.8) is 0 Å². The predicted molar refractivity (Wildman–Crippen MR) is 77.0 cm³/mol. The number of benzene rings is 2. The summed E-state index contributed by atoms with van der Waals surface area (Å²) in [5.41, 5.74) is 8.16. The van der Waals surface area contributed by atoms with Gasteiger partial charge in [-0.2, -0.15) is 0 Å². The third-order valence-corrected chi connectivity index (χ3v) is 3.07. The summed E-state index contributed by atoms with van der Waals surface area (Å²) >= 11 is 5.80. The molecule has 0 unspecified atom stereocenters. The zero-order valence-corrected chi connectivity index (χ0v) is 11.2. The van der Waals surface area contributed by atoms with Crippen LogP contribution in [0, 0.1) is 0 Å². The van der Waals surface area contributed by atoms with Crippen LogP contribution in [0.15, 0.2) is 48.5 Å². The fraction of sp³-hybridized carbons (Fsp3) is 0.133. The van der Waals surface area contributed by atoms with Gasteiger partial charge in [-0.05, 0) is 35.4 Å². The predicted octanol–water partition coefficient (Wildman–Crippen LogP) is 2.73. The van der Waals surface area contributed by atoms with Gasteiger partial charge in [0, 0.05) is 23.7 Å². The van der Waals surface area contributed by atoms with E-state index in [4.69, 9.17) is 17.3 Å². The van der Waals surface area contributed by atoms with Crippen molar-refractivity contribution in [1.29, 1.82) is 0 Å². The second kappa shape index (κ2) is 6.36. The number of rotatable bonds is 4. The van der Waals surface area contributed by atoms with E-state index >= 15 is 0 Å². The van der Waals surface area contributed by atoms with Crippen LogP contribution in [0.25, 0.3) is 0 Å². The Kier molecular flexibility index (Phi) is 4.55. The molecule has 0 fully saturated rings. The quantitative estimate of drug-likeness (QED) is 0.901. The van der Waals surface area contributed by atoms with Gasteiger partial charge in [-0.15, -0.1) is 0 Å². The zero-order valence-electron chi connectivity index (χ0n) is 10.4. The maximum atomic E-state index is 11.9. The Morgan fingerprint density at radius 2 is 1.58 bits per heavy atom. The molecule has 0 atom stereocenters. The van der Waals surface area contributed by atoms with E-state index in [0.29, 0.717) is 23.7 Å². The molecule has 0 bridgehead atoms. The normalized spacial score (nSPS) is 10.2. The van der Waals surface area contributed by atoms with Crippen molar-refractivity contribution in [3.05, 3.63) is 70.2 Å². The molecule has 2 aromatic rings. The molecule has 1 amide bonds. The molecule has 0 saturated carbocycles. The van der Waals surface area contributed by atoms with Gasteiger partial charge in [0.05, 0.1) is 0 Å². The summed E-state index contributed by atoms with van der Waals surface area (Å²) in [5.74, 6) is -0.0986. The monoisotopic (exact) mass is 274 g/mol. The summed E-state index contributed by atoms with van der Waals surface area (Å²) in [6.45, 7) is 0.960. The second-order valence-electron chi connectivity index (χ2n) is 4.21. The van der Waals surface area contributed by atoms with Crippen molar-refractivity contribution < 1.29 is 4.79 Å². The van der Waals surface area contributed by atoms with Gasteiger partial charge in [-0.25, -0.2) is 0 Å². The number of hydrogen-bond acceptors (Lipinski definition) is 2. The fourth-order valence-corrected chi connectivity index (χ4v) is 1.80. The average molecular weight is 275 g/mol. The molecule has 2 aromatic carbocycles. The standard InChI is InChI=1S/C15H15ClN2O/c16-14-7-3-12(4-8-14)10-18-15(19)13-5-1-11(9-17)2-6-13/h1-8H,9-10,17H2,(H,18,19). The van der Waals surface area contributed by atoms with Gasteiger partial charge >= 0.3 is 0 Å². The molecular weight excluding hydrogens is 260 g/mol. The third kappa shape index (κ3) is 3.81. The first-order chi connectivity index (χ1) is 9.19. The van der Waals surface area contributed by atoms with Crippen molar-refractivity contribution in [2.75, 3.05) is 0 Å². The zero-order chi connectivity index (χ0) is 13.7. The lowest BCUT2D eigenvalue weighted by Gasteiger charge is -2.06. The summed E-state index contributed by atoms with van der Waals surface area (Å²) in [7, 11) is 0. The first-order valence-corrected chi connectivity index (χ1v) is 6.38. The summed E-state index contributed by atoms with van der Waals surface area (Å²) in [6.07, 6.45) is 0. The van der Waals surface area contributed by atoms with Crippen molar-refractivity contribution in [1.82, 2.24) is 5.32 Å². The highest BCUT2D eigenvalue weighted by molar-refractivity contribution is 6.30. The Hall–Kier alpha value is -1.84. The van der Waals surface area contributed by atoms with Crippen LogP contribution in [0.2, 0.25) is 5.02 Å². The van der Waals surface area contributed by atoms with E-state index in [0.717, 1.165) is 11.1 Å². The van der Waals surface area contributed by atoms with Crippen LogP contribution < -0.4 is 11.1 Å². The molecule has 0 spiro atoms.